The molecule has 0 bridgehead atoms. The molecule has 1 atom stereocenters. The lowest BCUT2D eigenvalue weighted by atomic mass is 9.89. The zero-order valence-corrected chi connectivity index (χ0v) is 32.6. The van der Waals surface area contributed by atoms with Crippen LogP contribution in [0.1, 0.15) is 42.0 Å². The van der Waals surface area contributed by atoms with Gasteiger partial charge in [0.15, 0.2) is 5.82 Å². The predicted molar refractivity (Wildman–Crippen MR) is 245 cm³/mol. The molecule has 0 saturated carbocycles. The minimum atomic E-state index is 0.215. The minimum absolute atomic E-state index is 0.215. The van der Waals surface area contributed by atoms with E-state index in [1.165, 1.54) is 71.8 Å². The molecule has 0 spiro atoms. The van der Waals surface area contributed by atoms with Crippen LogP contribution in [0.2, 0.25) is 0 Å². The summed E-state index contributed by atoms with van der Waals surface area (Å²) in [5.41, 5.74) is 14.6. The summed E-state index contributed by atoms with van der Waals surface area (Å²) in [6.45, 7) is 0.808. The molecule has 4 nitrogen and oxygen atoms in total. The van der Waals surface area contributed by atoms with E-state index in [1.54, 1.807) is 0 Å². The molecule has 280 valence electrons. The maximum Gasteiger partial charge on any atom is 0.160 e. The Labute approximate surface area is 343 Å². The van der Waals surface area contributed by atoms with Crippen molar-refractivity contribution < 1.29 is 0 Å². The maximum absolute atomic E-state index is 5.40. The van der Waals surface area contributed by atoms with Crippen LogP contribution in [-0.2, 0) is 6.54 Å². The summed E-state index contributed by atoms with van der Waals surface area (Å²) in [6.07, 6.45) is 14.3. The lowest BCUT2D eigenvalue weighted by Gasteiger charge is -2.33. The van der Waals surface area contributed by atoms with Gasteiger partial charge in [-0.2, -0.15) is 0 Å². The van der Waals surface area contributed by atoms with Crippen molar-refractivity contribution in [3.05, 3.63) is 203 Å². The standard InChI is InChI=1S/C55H40N4/c1-3-14-37(15-4-1)54-48-34-39(40-27-32-53-47(33-40)46-20-10-12-22-52(46)59(53)42-16-5-2-6-17-42)26-31-50(48)56-55(57-54)38-23-28-41(29-24-38)58-35-49-43-18-8-7-13-36(43)25-30-44(49)45-19-9-11-21-51(45)58/h1-3,5-14,16-25,27-34,39H,4,15,26,35H2. The van der Waals surface area contributed by atoms with Crippen molar-refractivity contribution in [2.24, 2.45) is 0 Å². The Bertz CT molecular complexity index is 3330. The van der Waals surface area contributed by atoms with Crippen molar-refractivity contribution >= 4 is 61.7 Å². The first-order valence-electron chi connectivity index (χ1n) is 20.8. The quantitative estimate of drug-likeness (QED) is 0.175. The zero-order valence-electron chi connectivity index (χ0n) is 32.6. The fourth-order valence-electron chi connectivity index (χ4n) is 9.76. The summed E-state index contributed by atoms with van der Waals surface area (Å²) in [4.78, 5) is 13.1. The Morgan fingerprint density at radius 1 is 0.610 bits per heavy atom. The van der Waals surface area contributed by atoms with Gasteiger partial charge in [-0.25, -0.2) is 9.97 Å². The molecular weight excluding hydrogens is 717 g/mol. The van der Waals surface area contributed by atoms with E-state index in [-0.39, 0.29) is 5.92 Å². The highest BCUT2D eigenvalue weighted by atomic mass is 15.1. The smallest absolute Gasteiger partial charge is 0.160 e. The lowest BCUT2D eigenvalue weighted by Crippen LogP contribution is -2.36. The Morgan fingerprint density at radius 2 is 1.41 bits per heavy atom. The molecule has 0 amide bonds. The Morgan fingerprint density at radius 3 is 2.29 bits per heavy atom. The second-order valence-corrected chi connectivity index (χ2v) is 16.0. The summed E-state index contributed by atoms with van der Waals surface area (Å²) in [7, 11) is 0. The molecule has 2 aromatic heterocycles. The molecule has 7 aromatic carbocycles. The van der Waals surface area contributed by atoms with E-state index in [9.17, 15) is 0 Å². The highest BCUT2D eigenvalue weighted by Gasteiger charge is 2.25. The van der Waals surface area contributed by atoms with Crippen LogP contribution in [0.25, 0.3) is 78.5 Å². The Balaban J connectivity index is 0.929. The molecule has 59 heavy (non-hydrogen) atoms. The fraction of sp³-hybridized carbons (Fsp3) is 0.0909. The average Bonchev–Trinajstić information content (AvgIpc) is 3.65. The van der Waals surface area contributed by atoms with Crippen LogP contribution < -0.4 is 15.5 Å². The first kappa shape index (κ1) is 33.8. The molecule has 3 heterocycles. The van der Waals surface area contributed by atoms with E-state index in [2.05, 4.69) is 198 Å². The van der Waals surface area contributed by atoms with Crippen molar-refractivity contribution in [2.45, 2.75) is 31.7 Å². The summed E-state index contributed by atoms with van der Waals surface area (Å²) in [6, 6.07) is 57.4. The number of hydrogen-bond donors (Lipinski definition) is 0. The number of allylic oxidation sites excluding steroid dienone is 4. The van der Waals surface area contributed by atoms with Crippen LogP contribution >= 0.6 is 0 Å². The van der Waals surface area contributed by atoms with Gasteiger partial charge in [-0.3, -0.25) is 0 Å². The number of benzene rings is 7. The summed E-state index contributed by atoms with van der Waals surface area (Å²) < 4.78 is 2.38. The molecule has 12 rings (SSSR count). The third-order valence-corrected chi connectivity index (χ3v) is 12.6. The van der Waals surface area contributed by atoms with Gasteiger partial charge in [0, 0.05) is 56.6 Å². The van der Waals surface area contributed by atoms with Gasteiger partial charge in [-0.15, -0.1) is 0 Å². The van der Waals surface area contributed by atoms with Crippen molar-refractivity contribution in [1.29, 1.82) is 0 Å². The van der Waals surface area contributed by atoms with E-state index >= 15 is 0 Å². The van der Waals surface area contributed by atoms with Gasteiger partial charge in [0.2, 0.25) is 0 Å². The highest BCUT2D eigenvalue weighted by Crippen LogP contribution is 2.45. The Kier molecular flexibility index (Phi) is 7.83. The van der Waals surface area contributed by atoms with Gasteiger partial charge in [-0.1, -0.05) is 127 Å². The average molecular weight is 757 g/mol. The molecule has 9 aromatic rings. The van der Waals surface area contributed by atoms with Gasteiger partial charge in [0.05, 0.1) is 22.1 Å². The van der Waals surface area contributed by atoms with Crippen molar-refractivity contribution in [3.8, 4) is 28.2 Å². The van der Waals surface area contributed by atoms with Crippen LogP contribution in [0.5, 0.6) is 0 Å². The van der Waals surface area contributed by atoms with Gasteiger partial charge in [0.1, 0.15) is 0 Å². The molecule has 3 aliphatic rings. The van der Waals surface area contributed by atoms with Crippen LogP contribution in [0, 0.1) is 0 Å². The SMILES string of the molecule is C1=CCCC(c2nc(-c3ccc(N4Cc5c(ccc6ccccc56)-c5ccccc54)cc3)nc3c2=CC(c2ccc4c(c2)c2ccccc2n4-c2ccccc2)CC=3)=C1. The molecule has 4 heteroatoms. The molecule has 0 radical (unpaired) electrons. The van der Waals surface area contributed by atoms with Crippen LogP contribution in [0.15, 0.2) is 176 Å². The zero-order chi connectivity index (χ0) is 38.9. The normalized spacial score (nSPS) is 15.6. The van der Waals surface area contributed by atoms with Crippen molar-refractivity contribution in [2.75, 3.05) is 4.90 Å². The van der Waals surface area contributed by atoms with E-state index in [0.29, 0.717) is 0 Å². The first-order chi connectivity index (χ1) is 29.2. The highest BCUT2D eigenvalue weighted by molar-refractivity contribution is 6.09. The molecule has 0 saturated heterocycles. The lowest BCUT2D eigenvalue weighted by molar-refractivity contribution is 0.902. The monoisotopic (exact) mass is 756 g/mol. The number of nitrogens with zero attached hydrogens (tertiary/aromatic N) is 4. The number of para-hydroxylation sites is 3. The molecule has 1 unspecified atom stereocenters. The molecule has 0 fully saturated rings. The van der Waals surface area contributed by atoms with E-state index in [4.69, 9.17) is 9.97 Å². The van der Waals surface area contributed by atoms with Gasteiger partial charge < -0.3 is 9.47 Å². The number of rotatable bonds is 5. The third kappa shape index (κ3) is 5.59. The van der Waals surface area contributed by atoms with Crippen LogP contribution in [0.3, 0.4) is 0 Å². The second-order valence-electron chi connectivity index (χ2n) is 16.0. The topological polar surface area (TPSA) is 34.0 Å². The van der Waals surface area contributed by atoms with Crippen molar-refractivity contribution in [1.82, 2.24) is 14.5 Å². The summed E-state index contributed by atoms with van der Waals surface area (Å²) in [5, 5.41) is 7.31. The van der Waals surface area contributed by atoms with Crippen LogP contribution in [-0.4, -0.2) is 14.5 Å². The van der Waals surface area contributed by atoms with Gasteiger partial charge in [-0.05, 0) is 113 Å². The summed E-state index contributed by atoms with van der Waals surface area (Å²) in [5.74, 6) is 0.988. The number of anilines is 2. The van der Waals surface area contributed by atoms with E-state index < -0.39 is 0 Å². The largest absolute Gasteiger partial charge is 0.336 e. The molecule has 0 N–H and O–H groups in total. The number of hydrogen-bond acceptors (Lipinski definition) is 3. The third-order valence-electron chi connectivity index (χ3n) is 12.6. The van der Waals surface area contributed by atoms with E-state index in [1.807, 2.05) is 0 Å². The van der Waals surface area contributed by atoms with E-state index in [0.717, 1.165) is 59.1 Å². The Hall–Kier alpha value is -7.30. The van der Waals surface area contributed by atoms with Gasteiger partial charge >= 0.3 is 0 Å². The number of fused-ring (bicyclic) bond motifs is 9. The maximum atomic E-state index is 5.40. The van der Waals surface area contributed by atoms with Gasteiger partial charge in [0.25, 0.3) is 0 Å². The predicted octanol–water partition coefficient (Wildman–Crippen LogP) is 12.2. The number of aromatic nitrogens is 3. The van der Waals surface area contributed by atoms with Crippen LogP contribution in [0.4, 0.5) is 11.4 Å². The molecule has 2 aliphatic carbocycles. The first-order valence-corrected chi connectivity index (χ1v) is 20.8. The molecular formula is C55H40N4. The molecule has 1 aliphatic heterocycles. The second kappa shape index (κ2) is 13.7. The summed E-state index contributed by atoms with van der Waals surface area (Å²) >= 11 is 0. The minimum Gasteiger partial charge on any atom is -0.336 e. The fourth-order valence-corrected chi connectivity index (χ4v) is 9.76. The van der Waals surface area contributed by atoms with Crippen molar-refractivity contribution in [3.63, 3.8) is 0 Å².